The van der Waals surface area contributed by atoms with Crippen LogP contribution in [0.15, 0.2) is 24.3 Å². The Balaban J connectivity index is 1.82. The summed E-state index contributed by atoms with van der Waals surface area (Å²) in [7, 11) is 1.81. The molecule has 1 N–H and O–H groups in total. The number of β-amino-alcohol motifs (C(OH)–C–C–N with tert-alkyl or cyclic N) is 1. The van der Waals surface area contributed by atoms with E-state index in [0.29, 0.717) is 26.2 Å². The Morgan fingerprint density at radius 2 is 2.14 bits per heavy atom. The van der Waals surface area contributed by atoms with Gasteiger partial charge in [-0.15, -0.1) is 0 Å². The molecule has 0 radical (unpaired) electrons. The number of likely N-dealkylation sites (tertiary alicyclic amines) is 1. The number of ether oxygens (including phenoxy) is 1. The minimum atomic E-state index is -0.283. The molecule has 5 nitrogen and oxygen atoms in total. The Labute approximate surface area is 126 Å². The molecule has 1 aliphatic rings. The van der Waals surface area contributed by atoms with E-state index in [1.165, 1.54) is 0 Å². The molecule has 0 aromatic heterocycles. The van der Waals surface area contributed by atoms with E-state index in [2.05, 4.69) is 0 Å². The van der Waals surface area contributed by atoms with Gasteiger partial charge in [-0.25, -0.2) is 0 Å². The van der Waals surface area contributed by atoms with E-state index in [1.54, 1.807) is 4.90 Å². The normalized spacial score (nSPS) is 18.7. The summed E-state index contributed by atoms with van der Waals surface area (Å²) in [6, 6.07) is 7.81. The average molecular weight is 292 g/mol. The Morgan fingerprint density at radius 1 is 1.43 bits per heavy atom. The molecule has 1 saturated heterocycles. The summed E-state index contributed by atoms with van der Waals surface area (Å²) in [5.41, 5.74) is 1.08. The van der Waals surface area contributed by atoms with Crippen LogP contribution in [0.5, 0.6) is 5.75 Å². The van der Waals surface area contributed by atoms with Crippen molar-refractivity contribution in [2.75, 3.05) is 33.3 Å². The van der Waals surface area contributed by atoms with Gasteiger partial charge in [-0.1, -0.05) is 12.1 Å². The van der Waals surface area contributed by atoms with Crippen LogP contribution < -0.4 is 4.74 Å². The third-order valence-electron chi connectivity index (χ3n) is 3.69. The molecular weight excluding hydrogens is 268 g/mol. The van der Waals surface area contributed by atoms with E-state index in [-0.39, 0.29) is 12.0 Å². The highest BCUT2D eigenvalue weighted by Crippen LogP contribution is 2.14. The smallest absolute Gasteiger partial charge is 0.236 e. The van der Waals surface area contributed by atoms with Crippen LogP contribution in [0, 0.1) is 0 Å². The van der Waals surface area contributed by atoms with Gasteiger partial charge in [-0.2, -0.15) is 0 Å². The minimum Gasteiger partial charge on any atom is -0.494 e. The number of carbonyl (C=O) groups excluding carboxylic acids is 1. The number of amides is 1. The van der Waals surface area contributed by atoms with Gasteiger partial charge in [0, 0.05) is 26.7 Å². The number of hydrogen-bond donors (Lipinski definition) is 1. The molecular formula is C16H24N2O3. The molecule has 1 aromatic rings. The van der Waals surface area contributed by atoms with Crippen LogP contribution in [0.1, 0.15) is 18.9 Å². The largest absolute Gasteiger partial charge is 0.494 e. The van der Waals surface area contributed by atoms with Gasteiger partial charge in [-0.05, 0) is 31.0 Å². The second-order valence-electron chi connectivity index (χ2n) is 5.50. The van der Waals surface area contributed by atoms with E-state index in [9.17, 15) is 9.90 Å². The number of likely N-dealkylation sites (N-methyl/N-ethyl adjacent to an activating group) is 1. The Kier molecular flexibility index (Phi) is 5.59. The lowest BCUT2D eigenvalue weighted by atomic mass is 10.2. The molecule has 0 aliphatic carbocycles. The van der Waals surface area contributed by atoms with Gasteiger partial charge >= 0.3 is 0 Å². The quantitative estimate of drug-likeness (QED) is 0.853. The molecule has 1 heterocycles. The Hall–Kier alpha value is -1.59. The van der Waals surface area contributed by atoms with E-state index in [1.807, 2.05) is 43.1 Å². The van der Waals surface area contributed by atoms with Crippen molar-refractivity contribution in [2.45, 2.75) is 26.0 Å². The maximum atomic E-state index is 12.2. The zero-order chi connectivity index (χ0) is 15.2. The van der Waals surface area contributed by atoms with Crippen molar-refractivity contribution in [2.24, 2.45) is 0 Å². The highest BCUT2D eigenvalue weighted by Gasteiger charge is 2.23. The Morgan fingerprint density at radius 3 is 2.71 bits per heavy atom. The van der Waals surface area contributed by atoms with E-state index in [4.69, 9.17) is 4.74 Å². The molecule has 5 heteroatoms. The molecule has 0 saturated carbocycles. The third kappa shape index (κ3) is 4.72. The van der Waals surface area contributed by atoms with Crippen molar-refractivity contribution in [1.82, 2.24) is 9.80 Å². The van der Waals surface area contributed by atoms with Crippen LogP contribution in [0.3, 0.4) is 0 Å². The number of aliphatic hydroxyl groups excluding tert-OH is 1. The molecule has 0 spiro atoms. The van der Waals surface area contributed by atoms with E-state index in [0.717, 1.165) is 24.3 Å². The summed E-state index contributed by atoms with van der Waals surface area (Å²) < 4.78 is 5.40. The highest BCUT2D eigenvalue weighted by atomic mass is 16.5. The lowest BCUT2D eigenvalue weighted by Gasteiger charge is -2.21. The SMILES string of the molecule is CCOc1ccc(CN(C)C(=O)CN2CC[C@H](O)C2)cc1. The molecule has 0 bridgehead atoms. The molecule has 1 aliphatic heterocycles. The molecule has 116 valence electrons. The van der Waals surface area contributed by atoms with Gasteiger partial charge in [0.2, 0.25) is 5.91 Å². The molecule has 21 heavy (non-hydrogen) atoms. The van der Waals surface area contributed by atoms with E-state index < -0.39 is 0 Å². The zero-order valence-corrected chi connectivity index (χ0v) is 12.8. The van der Waals surface area contributed by atoms with Crippen molar-refractivity contribution < 1.29 is 14.6 Å². The monoisotopic (exact) mass is 292 g/mol. The van der Waals surface area contributed by atoms with Gasteiger partial charge in [0.1, 0.15) is 5.75 Å². The fourth-order valence-electron chi connectivity index (χ4n) is 2.49. The first-order valence-electron chi connectivity index (χ1n) is 7.44. The summed E-state index contributed by atoms with van der Waals surface area (Å²) in [5.74, 6) is 0.930. The van der Waals surface area contributed by atoms with Gasteiger partial charge in [-0.3, -0.25) is 9.69 Å². The molecule has 1 aromatic carbocycles. The standard InChI is InChI=1S/C16H24N2O3/c1-3-21-15-6-4-13(5-7-15)10-17(2)16(20)12-18-9-8-14(19)11-18/h4-7,14,19H,3,8-12H2,1-2H3/t14-/m0/s1. The lowest BCUT2D eigenvalue weighted by molar-refractivity contribution is -0.131. The number of rotatable bonds is 6. The molecule has 0 unspecified atom stereocenters. The van der Waals surface area contributed by atoms with Crippen LogP contribution in [0.4, 0.5) is 0 Å². The predicted octanol–water partition coefficient (Wildman–Crippen LogP) is 1.11. The zero-order valence-electron chi connectivity index (χ0n) is 12.8. The van der Waals surface area contributed by atoms with Gasteiger partial charge in [0.05, 0.1) is 19.3 Å². The number of aliphatic hydroxyl groups is 1. The first-order valence-corrected chi connectivity index (χ1v) is 7.44. The highest BCUT2D eigenvalue weighted by molar-refractivity contribution is 5.78. The first kappa shape index (κ1) is 15.8. The number of benzene rings is 1. The summed E-state index contributed by atoms with van der Waals surface area (Å²) in [4.78, 5) is 15.9. The summed E-state index contributed by atoms with van der Waals surface area (Å²) >= 11 is 0. The van der Waals surface area contributed by atoms with Gasteiger partial charge in [0.25, 0.3) is 0 Å². The van der Waals surface area contributed by atoms with Crippen LogP contribution in [0.2, 0.25) is 0 Å². The molecule has 1 amide bonds. The van der Waals surface area contributed by atoms with Crippen LogP contribution in [-0.4, -0.2) is 60.2 Å². The third-order valence-corrected chi connectivity index (χ3v) is 3.69. The van der Waals surface area contributed by atoms with Crippen molar-refractivity contribution >= 4 is 5.91 Å². The second kappa shape index (κ2) is 7.43. The molecule has 1 atom stereocenters. The topological polar surface area (TPSA) is 53.0 Å². The Bertz CT molecular complexity index is 461. The summed E-state index contributed by atoms with van der Waals surface area (Å²) in [6.07, 6.45) is 0.477. The lowest BCUT2D eigenvalue weighted by Crippen LogP contribution is -2.37. The number of nitrogens with zero attached hydrogens (tertiary/aromatic N) is 2. The van der Waals surface area contributed by atoms with Crippen LogP contribution in [0.25, 0.3) is 0 Å². The fraction of sp³-hybridized carbons (Fsp3) is 0.562. The fourth-order valence-corrected chi connectivity index (χ4v) is 2.49. The van der Waals surface area contributed by atoms with Crippen LogP contribution >= 0.6 is 0 Å². The first-order chi connectivity index (χ1) is 10.1. The molecule has 1 fully saturated rings. The summed E-state index contributed by atoms with van der Waals surface area (Å²) in [5, 5.41) is 9.48. The van der Waals surface area contributed by atoms with Gasteiger partial charge in [0.15, 0.2) is 0 Å². The van der Waals surface area contributed by atoms with Crippen LogP contribution in [-0.2, 0) is 11.3 Å². The predicted molar refractivity (Wildman–Crippen MR) is 81.1 cm³/mol. The minimum absolute atomic E-state index is 0.0815. The van der Waals surface area contributed by atoms with E-state index >= 15 is 0 Å². The summed E-state index contributed by atoms with van der Waals surface area (Å²) in [6.45, 7) is 4.97. The maximum absolute atomic E-state index is 12.2. The van der Waals surface area contributed by atoms with Crippen molar-refractivity contribution in [3.05, 3.63) is 29.8 Å². The van der Waals surface area contributed by atoms with Crippen molar-refractivity contribution in [3.8, 4) is 5.75 Å². The van der Waals surface area contributed by atoms with Crippen molar-refractivity contribution in [3.63, 3.8) is 0 Å². The van der Waals surface area contributed by atoms with Crippen molar-refractivity contribution in [1.29, 1.82) is 0 Å². The second-order valence-corrected chi connectivity index (χ2v) is 5.50. The average Bonchev–Trinajstić information content (AvgIpc) is 2.86. The number of hydrogen-bond acceptors (Lipinski definition) is 4. The maximum Gasteiger partial charge on any atom is 0.236 e. The number of carbonyl (C=O) groups is 1. The van der Waals surface area contributed by atoms with Gasteiger partial charge < -0.3 is 14.7 Å². The molecule has 2 rings (SSSR count).